The van der Waals surface area contributed by atoms with E-state index in [4.69, 9.17) is 4.74 Å². The molecule has 96 valence electrons. The van der Waals surface area contributed by atoms with Gasteiger partial charge in [-0.3, -0.25) is 4.79 Å². The summed E-state index contributed by atoms with van der Waals surface area (Å²) in [5.41, 5.74) is 2.76. The molecule has 0 spiro atoms. The lowest BCUT2D eigenvalue weighted by atomic mass is 10.0. The zero-order valence-corrected chi connectivity index (χ0v) is 10.5. The Bertz CT molecular complexity index is 413. The maximum absolute atomic E-state index is 11.9. The monoisotopic (exact) mass is 245 g/mol. The van der Waals surface area contributed by atoms with Crippen LogP contribution >= 0.6 is 0 Å². The summed E-state index contributed by atoms with van der Waals surface area (Å²) in [5, 5.41) is 3.16. The molecule has 0 aromatic heterocycles. The number of nitrogens with one attached hydrogen (secondary N) is 1. The molecular weight excluding hydrogens is 226 g/mol. The highest BCUT2D eigenvalue weighted by molar-refractivity contribution is 5.76. The number of benzene rings is 1. The lowest BCUT2D eigenvalue weighted by Crippen LogP contribution is -2.36. The Hall–Kier alpha value is -1.35. The minimum absolute atomic E-state index is 0.184. The van der Waals surface area contributed by atoms with Gasteiger partial charge in [0.15, 0.2) is 0 Å². The lowest BCUT2D eigenvalue weighted by molar-refractivity contribution is -0.122. The fourth-order valence-electron chi connectivity index (χ4n) is 2.95. The van der Waals surface area contributed by atoms with Gasteiger partial charge < -0.3 is 10.1 Å². The molecule has 1 amide bonds. The van der Waals surface area contributed by atoms with E-state index in [9.17, 15) is 4.79 Å². The summed E-state index contributed by atoms with van der Waals surface area (Å²) in [6, 6.07) is 8.74. The smallest absolute Gasteiger partial charge is 0.220 e. The zero-order valence-electron chi connectivity index (χ0n) is 10.5. The van der Waals surface area contributed by atoms with Gasteiger partial charge in [0.05, 0.1) is 0 Å². The first-order valence-corrected chi connectivity index (χ1v) is 6.75. The van der Waals surface area contributed by atoms with Crippen LogP contribution < -0.4 is 5.32 Å². The molecule has 1 unspecified atom stereocenters. The molecule has 1 fully saturated rings. The predicted molar refractivity (Wildman–Crippen MR) is 69.3 cm³/mol. The van der Waals surface area contributed by atoms with Crippen molar-refractivity contribution >= 4 is 5.91 Å². The average Bonchev–Trinajstić information content (AvgIpc) is 2.96. The van der Waals surface area contributed by atoms with Crippen LogP contribution in [0.4, 0.5) is 0 Å². The van der Waals surface area contributed by atoms with Crippen molar-refractivity contribution in [2.75, 3.05) is 13.2 Å². The zero-order chi connectivity index (χ0) is 12.4. The van der Waals surface area contributed by atoms with Gasteiger partial charge in [-0.2, -0.15) is 0 Å². The Balaban J connectivity index is 1.51. The van der Waals surface area contributed by atoms with Crippen molar-refractivity contribution in [2.45, 2.75) is 31.7 Å². The van der Waals surface area contributed by atoms with Gasteiger partial charge in [0.1, 0.15) is 0 Å². The van der Waals surface area contributed by atoms with E-state index < -0.39 is 0 Å². The summed E-state index contributed by atoms with van der Waals surface area (Å²) in [6.07, 6.45) is 3.59. The van der Waals surface area contributed by atoms with Crippen LogP contribution in [0.15, 0.2) is 24.3 Å². The molecule has 1 N–H and O–H groups in total. The van der Waals surface area contributed by atoms with Crippen molar-refractivity contribution < 1.29 is 9.53 Å². The van der Waals surface area contributed by atoms with E-state index in [-0.39, 0.29) is 11.9 Å². The van der Waals surface area contributed by atoms with Crippen molar-refractivity contribution in [1.82, 2.24) is 5.32 Å². The largest absolute Gasteiger partial charge is 0.381 e. The van der Waals surface area contributed by atoms with Crippen molar-refractivity contribution in [2.24, 2.45) is 5.92 Å². The second kappa shape index (κ2) is 5.11. The van der Waals surface area contributed by atoms with E-state index in [2.05, 4.69) is 29.6 Å². The molecule has 0 saturated carbocycles. The Labute approximate surface area is 108 Å². The summed E-state index contributed by atoms with van der Waals surface area (Å²) in [7, 11) is 0. The maximum atomic E-state index is 11.9. The Morgan fingerprint density at radius 1 is 1.28 bits per heavy atom. The predicted octanol–water partition coefficient (Wildman–Crippen LogP) is 1.70. The number of amides is 1. The first kappa shape index (κ1) is 11.7. The standard InChI is InChI=1S/C15H19NO2/c17-15(7-11-5-6-18-10-11)16-14-8-12-3-1-2-4-13(12)9-14/h1-4,11,14H,5-10H2,(H,16,17). The molecule has 1 aliphatic heterocycles. The van der Waals surface area contributed by atoms with E-state index in [0.717, 1.165) is 32.5 Å². The van der Waals surface area contributed by atoms with Gasteiger partial charge in [-0.25, -0.2) is 0 Å². The van der Waals surface area contributed by atoms with E-state index in [0.29, 0.717) is 12.3 Å². The summed E-state index contributed by atoms with van der Waals surface area (Å²) in [5.74, 6) is 0.608. The quantitative estimate of drug-likeness (QED) is 0.880. The van der Waals surface area contributed by atoms with E-state index >= 15 is 0 Å². The normalized spacial score (nSPS) is 23.0. The fraction of sp³-hybridized carbons (Fsp3) is 0.533. The first-order valence-electron chi connectivity index (χ1n) is 6.75. The van der Waals surface area contributed by atoms with Crippen LogP contribution in [0.1, 0.15) is 24.0 Å². The molecule has 3 nitrogen and oxygen atoms in total. The fourth-order valence-corrected chi connectivity index (χ4v) is 2.95. The molecular formula is C15H19NO2. The number of hydrogen-bond acceptors (Lipinski definition) is 2. The van der Waals surface area contributed by atoms with Gasteiger partial charge in [-0.1, -0.05) is 24.3 Å². The van der Waals surface area contributed by atoms with Crippen molar-refractivity contribution in [1.29, 1.82) is 0 Å². The molecule has 0 bridgehead atoms. The molecule has 3 rings (SSSR count). The number of rotatable bonds is 3. The van der Waals surface area contributed by atoms with Crippen LogP contribution in [0.25, 0.3) is 0 Å². The lowest BCUT2D eigenvalue weighted by Gasteiger charge is -2.13. The summed E-state index contributed by atoms with van der Waals surface area (Å²) in [4.78, 5) is 11.9. The van der Waals surface area contributed by atoms with Gasteiger partial charge in [0.25, 0.3) is 0 Å². The molecule has 1 saturated heterocycles. The summed E-state index contributed by atoms with van der Waals surface area (Å²) < 4.78 is 5.30. The van der Waals surface area contributed by atoms with Crippen LogP contribution in [-0.2, 0) is 22.4 Å². The molecule has 1 atom stereocenters. The molecule has 1 aliphatic carbocycles. The Morgan fingerprint density at radius 3 is 2.61 bits per heavy atom. The third-order valence-electron chi connectivity index (χ3n) is 3.91. The topological polar surface area (TPSA) is 38.3 Å². The Morgan fingerprint density at radius 2 is 2.00 bits per heavy atom. The summed E-state index contributed by atoms with van der Waals surface area (Å²) >= 11 is 0. The maximum Gasteiger partial charge on any atom is 0.220 e. The molecule has 18 heavy (non-hydrogen) atoms. The molecule has 1 aromatic rings. The highest BCUT2D eigenvalue weighted by atomic mass is 16.5. The second-order valence-electron chi connectivity index (χ2n) is 5.38. The molecule has 1 aromatic carbocycles. The van der Waals surface area contributed by atoms with Crippen molar-refractivity contribution in [3.05, 3.63) is 35.4 Å². The van der Waals surface area contributed by atoms with Gasteiger partial charge in [-0.15, -0.1) is 0 Å². The van der Waals surface area contributed by atoms with E-state index in [1.54, 1.807) is 0 Å². The van der Waals surface area contributed by atoms with E-state index in [1.165, 1.54) is 11.1 Å². The van der Waals surface area contributed by atoms with Crippen molar-refractivity contribution in [3.63, 3.8) is 0 Å². The number of carbonyl (C=O) groups is 1. The van der Waals surface area contributed by atoms with Crippen LogP contribution in [0.3, 0.4) is 0 Å². The van der Waals surface area contributed by atoms with Crippen LogP contribution in [0.5, 0.6) is 0 Å². The highest BCUT2D eigenvalue weighted by Gasteiger charge is 2.24. The van der Waals surface area contributed by atoms with Crippen molar-refractivity contribution in [3.8, 4) is 0 Å². The minimum Gasteiger partial charge on any atom is -0.381 e. The number of ether oxygens (including phenoxy) is 1. The second-order valence-corrected chi connectivity index (χ2v) is 5.38. The number of fused-ring (bicyclic) bond motifs is 1. The average molecular weight is 245 g/mol. The Kier molecular flexibility index (Phi) is 3.33. The first-order chi connectivity index (χ1) is 8.81. The molecule has 3 heteroatoms. The molecule has 1 heterocycles. The summed E-state index contributed by atoms with van der Waals surface area (Å²) in [6.45, 7) is 1.56. The van der Waals surface area contributed by atoms with Gasteiger partial charge in [0.2, 0.25) is 5.91 Å². The van der Waals surface area contributed by atoms with E-state index in [1.807, 2.05) is 0 Å². The number of carbonyl (C=O) groups excluding carboxylic acids is 1. The SMILES string of the molecule is O=C(CC1CCOC1)NC1Cc2ccccc2C1. The molecule has 2 aliphatic rings. The van der Waals surface area contributed by atoms with Gasteiger partial charge in [-0.05, 0) is 36.3 Å². The van der Waals surface area contributed by atoms with Gasteiger partial charge >= 0.3 is 0 Å². The van der Waals surface area contributed by atoms with Crippen LogP contribution in [0.2, 0.25) is 0 Å². The van der Waals surface area contributed by atoms with Crippen LogP contribution in [0, 0.1) is 5.92 Å². The number of hydrogen-bond donors (Lipinski definition) is 1. The third kappa shape index (κ3) is 2.56. The minimum atomic E-state index is 0.184. The highest BCUT2D eigenvalue weighted by Crippen LogP contribution is 2.22. The molecule has 0 radical (unpaired) electrons. The third-order valence-corrected chi connectivity index (χ3v) is 3.91. The van der Waals surface area contributed by atoms with Gasteiger partial charge in [0, 0.05) is 25.7 Å². The van der Waals surface area contributed by atoms with Crippen LogP contribution in [-0.4, -0.2) is 25.2 Å².